The summed E-state index contributed by atoms with van der Waals surface area (Å²) in [5.74, 6) is 0.0172. The molecule has 1 aromatic carbocycles. The maximum Gasteiger partial charge on any atom is 0.229 e. The number of rotatable bonds is 6. The summed E-state index contributed by atoms with van der Waals surface area (Å²) in [4.78, 5) is 16.0. The van der Waals surface area contributed by atoms with Gasteiger partial charge < -0.3 is 10.6 Å². The third-order valence-corrected chi connectivity index (χ3v) is 2.89. The van der Waals surface area contributed by atoms with E-state index in [9.17, 15) is 9.18 Å². The van der Waals surface area contributed by atoms with Crippen molar-refractivity contribution in [3.63, 3.8) is 0 Å². The molecular formula is C16H18FN3O. The van der Waals surface area contributed by atoms with E-state index in [2.05, 4.69) is 22.5 Å². The quantitative estimate of drug-likeness (QED) is 0.857. The van der Waals surface area contributed by atoms with Gasteiger partial charge in [-0.3, -0.25) is 4.79 Å². The summed E-state index contributed by atoms with van der Waals surface area (Å²) in [6.07, 6.45) is 2.91. The number of nitrogens with one attached hydrogen (secondary N) is 2. The van der Waals surface area contributed by atoms with Gasteiger partial charge in [-0.1, -0.05) is 19.1 Å². The summed E-state index contributed by atoms with van der Waals surface area (Å²) in [6.45, 7) is 2.97. The first-order chi connectivity index (χ1) is 10.2. The Hall–Kier alpha value is -2.43. The molecule has 0 bridgehead atoms. The van der Waals surface area contributed by atoms with Crippen molar-refractivity contribution >= 4 is 17.4 Å². The van der Waals surface area contributed by atoms with Crippen LogP contribution in [0.5, 0.6) is 0 Å². The van der Waals surface area contributed by atoms with E-state index in [0.29, 0.717) is 5.82 Å². The second-order valence-corrected chi connectivity index (χ2v) is 4.71. The van der Waals surface area contributed by atoms with Gasteiger partial charge in [0.15, 0.2) is 0 Å². The zero-order chi connectivity index (χ0) is 15.1. The van der Waals surface area contributed by atoms with Crippen molar-refractivity contribution in [2.75, 3.05) is 17.2 Å². The Morgan fingerprint density at radius 2 is 1.95 bits per heavy atom. The maximum atomic E-state index is 12.8. The van der Waals surface area contributed by atoms with E-state index in [-0.39, 0.29) is 18.1 Å². The second kappa shape index (κ2) is 7.38. The lowest BCUT2D eigenvalue weighted by Gasteiger charge is -2.07. The van der Waals surface area contributed by atoms with Crippen LogP contribution in [0, 0.1) is 5.82 Å². The zero-order valence-electron chi connectivity index (χ0n) is 11.9. The number of hydrogen-bond acceptors (Lipinski definition) is 3. The van der Waals surface area contributed by atoms with Gasteiger partial charge in [0.2, 0.25) is 5.91 Å². The fourth-order valence-electron chi connectivity index (χ4n) is 1.82. The van der Waals surface area contributed by atoms with E-state index in [4.69, 9.17) is 0 Å². The summed E-state index contributed by atoms with van der Waals surface area (Å²) in [6, 6.07) is 9.50. The van der Waals surface area contributed by atoms with Gasteiger partial charge in [-0.15, -0.1) is 0 Å². The van der Waals surface area contributed by atoms with Gasteiger partial charge >= 0.3 is 0 Å². The molecule has 2 rings (SSSR count). The molecule has 0 saturated heterocycles. The largest absolute Gasteiger partial charge is 0.384 e. The number of carbonyl (C=O) groups is 1. The molecule has 0 unspecified atom stereocenters. The first-order valence-corrected chi connectivity index (χ1v) is 6.91. The van der Waals surface area contributed by atoms with E-state index in [1.165, 1.54) is 12.1 Å². The molecule has 0 saturated carbocycles. The second-order valence-electron chi connectivity index (χ2n) is 4.71. The topological polar surface area (TPSA) is 54.0 Å². The number of amides is 1. The summed E-state index contributed by atoms with van der Waals surface area (Å²) in [5.41, 5.74) is 1.68. The van der Waals surface area contributed by atoms with Gasteiger partial charge in [0.1, 0.15) is 11.6 Å². The molecule has 0 aliphatic carbocycles. The van der Waals surface area contributed by atoms with Crippen molar-refractivity contribution in [3.8, 4) is 0 Å². The monoisotopic (exact) mass is 287 g/mol. The summed E-state index contributed by atoms with van der Waals surface area (Å²) >= 11 is 0. The summed E-state index contributed by atoms with van der Waals surface area (Å²) in [5, 5.41) is 5.93. The highest BCUT2D eigenvalue weighted by Crippen LogP contribution is 2.10. The van der Waals surface area contributed by atoms with Crippen molar-refractivity contribution in [1.82, 2.24) is 4.98 Å². The lowest BCUT2D eigenvalue weighted by Crippen LogP contribution is -2.15. The lowest BCUT2D eigenvalue weighted by molar-refractivity contribution is -0.115. The highest BCUT2D eigenvalue weighted by Gasteiger charge is 2.05. The molecule has 2 N–H and O–H groups in total. The molecule has 0 fully saturated rings. The molecule has 2 aromatic rings. The van der Waals surface area contributed by atoms with Crippen LogP contribution in [0.1, 0.15) is 18.9 Å². The summed E-state index contributed by atoms with van der Waals surface area (Å²) < 4.78 is 12.8. The number of carbonyl (C=O) groups excluding carboxylic acids is 1. The number of benzene rings is 1. The van der Waals surface area contributed by atoms with Gasteiger partial charge in [0, 0.05) is 6.54 Å². The van der Waals surface area contributed by atoms with Crippen LogP contribution in [-0.4, -0.2) is 17.4 Å². The molecular weight excluding hydrogens is 269 g/mol. The average molecular weight is 287 g/mol. The third-order valence-electron chi connectivity index (χ3n) is 2.89. The normalized spacial score (nSPS) is 10.2. The SMILES string of the molecule is CCCNc1ccc(NC(=O)Cc2ccc(F)cc2)nc1. The fourth-order valence-corrected chi connectivity index (χ4v) is 1.82. The first-order valence-electron chi connectivity index (χ1n) is 6.91. The van der Waals surface area contributed by atoms with Gasteiger partial charge in [0.05, 0.1) is 18.3 Å². The van der Waals surface area contributed by atoms with Crippen molar-refractivity contribution in [2.45, 2.75) is 19.8 Å². The van der Waals surface area contributed by atoms with E-state index in [1.54, 1.807) is 24.4 Å². The minimum absolute atomic E-state index is 0.177. The predicted octanol–water partition coefficient (Wildman–Crippen LogP) is 3.22. The van der Waals surface area contributed by atoms with Crippen molar-refractivity contribution in [1.29, 1.82) is 0 Å². The van der Waals surface area contributed by atoms with Crippen LogP contribution in [0.25, 0.3) is 0 Å². The van der Waals surface area contributed by atoms with Crippen molar-refractivity contribution < 1.29 is 9.18 Å². The van der Waals surface area contributed by atoms with Crippen LogP contribution in [-0.2, 0) is 11.2 Å². The number of halogens is 1. The molecule has 0 aliphatic heterocycles. The number of pyridine rings is 1. The van der Waals surface area contributed by atoms with Crippen LogP contribution in [0.2, 0.25) is 0 Å². The predicted molar refractivity (Wildman–Crippen MR) is 81.8 cm³/mol. The number of anilines is 2. The van der Waals surface area contributed by atoms with E-state index >= 15 is 0 Å². The molecule has 0 radical (unpaired) electrons. The smallest absolute Gasteiger partial charge is 0.229 e. The Morgan fingerprint density at radius 3 is 2.57 bits per heavy atom. The summed E-state index contributed by atoms with van der Waals surface area (Å²) in [7, 11) is 0. The Kier molecular flexibility index (Phi) is 5.26. The van der Waals surface area contributed by atoms with E-state index in [0.717, 1.165) is 24.2 Å². The van der Waals surface area contributed by atoms with Gasteiger partial charge in [-0.05, 0) is 36.2 Å². The molecule has 0 atom stereocenters. The van der Waals surface area contributed by atoms with Crippen LogP contribution in [0.4, 0.5) is 15.9 Å². The highest BCUT2D eigenvalue weighted by molar-refractivity contribution is 5.91. The maximum absolute atomic E-state index is 12.8. The molecule has 0 aliphatic rings. The van der Waals surface area contributed by atoms with Gasteiger partial charge in [-0.25, -0.2) is 9.37 Å². The molecule has 21 heavy (non-hydrogen) atoms. The molecule has 4 nitrogen and oxygen atoms in total. The Morgan fingerprint density at radius 1 is 1.19 bits per heavy atom. The van der Waals surface area contributed by atoms with Crippen LogP contribution in [0.3, 0.4) is 0 Å². The fraction of sp³-hybridized carbons (Fsp3) is 0.250. The average Bonchev–Trinajstić information content (AvgIpc) is 2.49. The standard InChI is InChI=1S/C16H18FN3O/c1-2-9-18-14-7-8-15(19-11-14)20-16(21)10-12-3-5-13(17)6-4-12/h3-8,11,18H,2,9-10H2,1H3,(H,19,20,21). The van der Waals surface area contributed by atoms with Crippen LogP contribution < -0.4 is 10.6 Å². The zero-order valence-corrected chi connectivity index (χ0v) is 11.9. The Labute approximate surface area is 123 Å². The molecule has 1 heterocycles. The minimum Gasteiger partial charge on any atom is -0.384 e. The van der Waals surface area contributed by atoms with Gasteiger partial charge in [0.25, 0.3) is 0 Å². The van der Waals surface area contributed by atoms with E-state index in [1.807, 2.05) is 6.07 Å². The Bertz CT molecular complexity index is 581. The van der Waals surface area contributed by atoms with Gasteiger partial charge in [-0.2, -0.15) is 0 Å². The first kappa shape index (κ1) is 15.0. The molecule has 1 aromatic heterocycles. The third kappa shape index (κ3) is 4.87. The lowest BCUT2D eigenvalue weighted by atomic mass is 10.1. The molecule has 1 amide bonds. The van der Waals surface area contributed by atoms with Crippen molar-refractivity contribution in [3.05, 3.63) is 54.0 Å². The number of nitrogens with zero attached hydrogens (tertiary/aromatic N) is 1. The van der Waals surface area contributed by atoms with Crippen LogP contribution >= 0.6 is 0 Å². The molecule has 110 valence electrons. The molecule has 5 heteroatoms. The Balaban J connectivity index is 1.88. The van der Waals surface area contributed by atoms with Crippen molar-refractivity contribution in [2.24, 2.45) is 0 Å². The molecule has 0 spiro atoms. The number of hydrogen-bond donors (Lipinski definition) is 2. The highest BCUT2D eigenvalue weighted by atomic mass is 19.1. The van der Waals surface area contributed by atoms with Crippen LogP contribution in [0.15, 0.2) is 42.6 Å². The van der Waals surface area contributed by atoms with E-state index < -0.39 is 0 Å². The minimum atomic E-state index is -0.309. The number of aromatic nitrogens is 1.